The van der Waals surface area contributed by atoms with Crippen molar-refractivity contribution in [2.75, 3.05) is 5.73 Å². The normalized spacial score (nSPS) is 14.4. The van der Waals surface area contributed by atoms with Gasteiger partial charge in [-0.2, -0.15) is 0 Å². The van der Waals surface area contributed by atoms with Gasteiger partial charge in [-0.3, -0.25) is 9.78 Å². The number of aromatic nitrogens is 1. The Balaban J connectivity index is 2.51. The van der Waals surface area contributed by atoms with E-state index in [1.165, 1.54) is 6.20 Å². The molecule has 0 unspecified atom stereocenters. The van der Waals surface area contributed by atoms with Gasteiger partial charge in [0.05, 0.1) is 24.0 Å². The Morgan fingerprint density at radius 3 is 3.27 bits per heavy atom. The van der Waals surface area contributed by atoms with Gasteiger partial charge in [-0.15, -0.1) is 0 Å². The molecule has 1 aromatic heterocycles. The van der Waals surface area contributed by atoms with E-state index < -0.39 is 0 Å². The lowest BCUT2D eigenvalue weighted by Crippen LogP contribution is -2.00. The molecule has 1 aliphatic heterocycles. The second kappa shape index (κ2) is 1.95. The van der Waals surface area contributed by atoms with Gasteiger partial charge in [0, 0.05) is 6.07 Å². The molecule has 0 fully saturated rings. The zero-order valence-electron chi connectivity index (χ0n) is 5.70. The van der Waals surface area contributed by atoms with Gasteiger partial charge in [0.2, 0.25) is 0 Å². The monoisotopic (exact) mass is 150 g/mol. The SMILES string of the molecule is Nc1cnc2c(c1)OC(=O)C2. The van der Waals surface area contributed by atoms with Crippen LogP contribution in [0.1, 0.15) is 5.69 Å². The Morgan fingerprint density at radius 1 is 1.64 bits per heavy atom. The van der Waals surface area contributed by atoms with Gasteiger partial charge >= 0.3 is 5.97 Å². The summed E-state index contributed by atoms with van der Waals surface area (Å²) in [4.78, 5) is 14.6. The van der Waals surface area contributed by atoms with Crippen LogP contribution in [0, 0.1) is 0 Å². The summed E-state index contributed by atoms with van der Waals surface area (Å²) >= 11 is 0. The van der Waals surface area contributed by atoms with Crippen LogP contribution in [-0.2, 0) is 11.2 Å². The fourth-order valence-corrected chi connectivity index (χ4v) is 1.00. The number of nitrogens with two attached hydrogens (primary N) is 1. The highest BCUT2D eigenvalue weighted by Gasteiger charge is 2.21. The molecular formula is C7H6N2O2. The van der Waals surface area contributed by atoms with Crippen LogP contribution in [0.25, 0.3) is 0 Å². The van der Waals surface area contributed by atoms with Crippen molar-refractivity contribution in [3.63, 3.8) is 0 Å². The molecule has 56 valence electrons. The Labute approximate surface area is 63.0 Å². The van der Waals surface area contributed by atoms with E-state index in [0.29, 0.717) is 17.1 Å². The lowest BCUT2D eigenvalue weighted by molar-refractivity contribution is -0.131. The summed E-state index contributed by atoms with van der Waals surface area (Å²) in [6.45, 7) is 0. The standard InChI is InChI=1S/C7H6N2O2/c8-4-1-6-5(9-3-4)2-7(10)11-6/h1,3H,2,8H2. The number of fused-ring (bicyclic) bond motifs is 1. The average Bonchev–Trinajstić information content (AvgIpc) is 2.27. The third-order valence-corrected chi connectivity index (χ3v) is 1.49. The van der Waals surface area contributed by atoms with Crippen molar-refractivity contribution in [2.45, 2.75) is 6.42 Å². The fraction of sp³-hybridized carbons (Fsp3) is 0.143. The fourth-order valence-electron chi connectivity index (χ4n) is 1.00. The Morgan fingerprint density at radius 2 is 2.45 bits per heavy atom. The highest BCUT2D eigenvalue weighted by atomic mass is 16.5. The van der Waals surface area contributed by atoms with Crippen molar-refractivity contribution in [3.05, 3.63) is 18.0 Å². The molecular weight excluding hydrogens is 144 g/mol. The molecule has 0 aliphatic carbocycles. The van der Waals surface area contributed by atoms with E-state index in [1.807, 2.05) is 0 Å². The van der Waals surface area contributed by atoms with Crippen LogP contribution in [0.4, 0.5) is 5.69 Å². The van der Waals surface area contributed by atoms with E-state index in [4.69, 9.17) is 10.5 Å². The molecule has 0 atom stereocenters. The van der Waals surface area contributed by atoms with Crippen molar-refractivity contribution in [1.29, 1.82) is 0 Å². The van der Waals surface area contributed by atoms with Crippen LogP contribution in [0.3, 0.4) is 0 Å². The molecule has 0 saturated heterocycles. The van der Waals surface area contributed by atoms with Crippen LogP contribution in [0.5, 0.6) is 5.75 Å². The summed E-state index contributed by atoms with van der Waals surface area (Å²) in [6, 6.07) is 1.60. The third kappa shape index (κ3) is 0.920. The number of hydrogen-bond donors (Lipinski definition) is 1. The van der Waals surface area contributed by atoms with E-state index in [2.05, 4.69) is 4.98 Å². The second-order valence-corrected chi connectivity index (χ2v) is 2.36. The van der Waals surface area contributed by atoms with Crippen LogP contribution in [-0.4, -0.2) is 11.0 Å². The summed E-state index contributed by atoms with van der Waals surface area (Å²) in [7, 11) is 0. The van der Waals surface area contributed by atoms with Gasteiger partial charge in [-0.1, -0.05) is 0 Å². The van der Waals surface area contributed by atoms with Crippen molar-refractivity contribution in [2.24, 2.45) is 0 Å². The summed E-state index contributed by atoms with van der Waals surface area (Å²) < 4.78 is 4.81. The van der Waals surface area contributed by atoms with E-state index in [-0.39, 0.29) is 12.4 Å². The van der Waals surface area contributed by atoms with Crippen molar-refractivity contribution in [1.82, 2.24) is 4.98 Å². The molecule has 1 aromatic rings. The highest BCUT2D eigenvalue weighted by molar-refractivity contribution is 5.80. The predicted octanol–water partition coefficient (Wildman–Crippen LogP) is 0.125. The smallest absolute Gasteiger partial charge is 0.317 e. The molecule has 0 saturated carbocycles. The molecule has 0 spiro atoms. The Kier molecular flexibility index (Phi) is 1.09. The Hall–Kier alpha value is -1.58. The second-order valence-electron chi connectivity index (χ2n) is 2.36. The molecule has 4 heteroatoms. The molecule has 1 aliphatic rings. The first-order valence-corrected chi connectivity index (χ1v) is 3.21. The molecule has 0 bridgehead atoms. The summed E-state index contributed by atoms with van der Waals surface area (Å²) in [5.41, 5.74) is 6.61. The summed E-state index contributed by atoms with van der Waals surface area (Å²) in [6.07, 6.45) is 1.77. The number of ether oxygens (including phenoxy) is 1. The van der Waals surface area contributed by atoms with E-state index in [9.17, 15) is 4.79 Å². The summed E-state index contributed by atoms with van der Waals surface area (Å²) in [5.74, 6) is 0.230. The molecule has 0 amide bonds. The first kappa shape index (κ1) is 6.15. The summed E-state index contributed by atoms with van der Waals surface area (Å²) in [5, 5.41) is 0. The van der Waals surface area contributed by atoms with E-state index >= 15 is 0 Å². The van der Waals surface area contributed by atoms with Crippen molar-refractivity contribution in [3.8, 4) is 5.75 Å². The number of nitrogens with zero attached hydrogens (tertiary/aromatic N) is 1. The lowest BCUT2D eigenvalue weighted by atomic mass is 10.3. The average molecular weight is 150 g/mol. The van der Waals surface area contributed by atoms with E-state index in [1.54, 1.807) is 6.07 Å². The van der Waals surface area contributed by atoms with Gasteiger partial charge in [0.25, 0.3) is 0 Å². The largest absolute Gasteiger partial charge is 0.424 e. The minimum absolute atomic E-state index is 0.260. The Bertz CT molecular complexity index is 322. The third-order valence-electron chi connectivity index (χ3n) is 1.49. The highest BCUT2D eigenvalue weighted by Crippen LogP contribution is 2.25. The number of nitrogen functional groups attached to an aromatic ring is 1. The molecule has 2 rings (SSSR count). The predicted molar refractivity (Wildman–Crippen MR) is 38.0 cm³/mol. The van der Waals surface area contributed by atoms with Crippen LogP contribution >= 0.6 is 0 Å². The van der Waals surface area contributed by atoms with Gasteiger partial charge in [0.1, 0.15) is 0 Å². The molecule has 2 N–H and O–H groups in total. The maximum atomic E-state index is 10.7. The number of carbonyl (C=O) groups excluding carboxylic acids is 1. The minimum atomic E-state index is -0.266. The van der Waals surface area contributed by atoms with Crippen LogP contribution in [0.2, 0.25) is 0 Å². The molecule has 11 heavy (non-hydrogen) atoms. The molecule has 4 nitrogen and oxygen atoms in total. The first-order valence-electron chi connectivity index (χ1n) is 3.21. The van der Waals surface area contributed by atoms with Crippen LogP contribution in [0.15, 0.2) is 12.3 Å². The number of hydrogen-bond acceptors (Lipinski definition) is 4. The number of esters is 1. The topological polar surface area (TPSA) is 65.2 Å². The number of rotatable bonds is 0. The van der Waals surface area contributed by atoms with Gasteiger partial charge in [-0.05, 0) is 0 Å². The van der Waals surface area contributed by atoms with Crippen molar-refractivity contribution >= 4 is 11.7 Å². The van der Waals surface area contributed by atoms with E-state index in [0.717, 1.165) is 0 Å². The quantitative estimate of drug-likeness (QED) is 0.533. The lowest BCUT2D eigenvalue weighted by Gasteiger charge is -1.95. The number of pyridine rings is 1. The maximum Gasteiger partial charge on any atom is 0.317 e. The maximum absolute atomic E-state index is 10.7. The first-order chi connectivity index (χ1) is 5.25. The number of carbonyl (C=O) groups is 1. The van der Waals surface area contributed by atoms with Crippen molar-refractivity contribution < 1.29 is 9.53 Å². The zero-order chi connectivity index (χ0) is 7.84. The van der Waals surface area contributed by atoms with Gasteiger partial charge < -0.3 is 10.5 Å². The minimum Gasteiger partial charge on any atom is -0.424 e. The molecule has 2 heterocycles. The molecule has 0 radical (unpaired) electrons. The molecule has 0 aromatic carbocycles. The zero-order valence-corrected chi connectivity index (χ0v) is 5.70. The van der Waals surface area contributed by atoms with Crippen LogP contribution < -0.4 is 10.5 Å². The van der Waals surface area contributed by atoms with Gasteiger partial charge in [-0.25, -0.2) is 0 Å². The number of anilines is 1. The van der Waals surface area contributed by atoms with Gasteiger partial charge in [0.15, 0.2) is 5.75 Å².